The summed E-state index contributed by atoms with van der Waals surface area (Å²) in [5.41, 5.74) is 3.49. The van der Waals surface area contributed by atoms with E-state index in [-0.39, 0.29) is 0 Å². The third-order valence-electron chi connectivity index (χ3n) is 2.60. The highest BCUT2D eigenvalue weighted by Crippen LogP contribution is 2.22. The third kappa shape index (κ3) is 1.85. The lowest BCUT2D eigenvalue weighted by Gasteiger charge is -2.03. The Hall–Kier alpha value is -1.68. The van der Waals surface area contributed by atoms with Crippen LogP contribution in [-0.4, -0.2) is 17.1 Å². The molecule has 84 valence electrons. The van der Waals surface area contributed by atoms with E-state index in [1.54, 1.807) is 7.11 Å². The summed E-state index contributed by atoms with van der Waals surface area (Å²) in [4.78, 5) is 9.13. The Balaban J connectivity index is 2.35. The molecule has 4 heteroatoms. The van der Waals surface area contributed by atoms with Crippen LogP contribution in [0.5, 0.6) is 5.75 Å². The van der Waals surface area contributed by atoms with E-state index in [1.807, 2.05) is 36.4 Å². The Morgan fingerprint density at radius 2 is 1.53 bits per heavy atom. The van der Waals surface area contributed by atoms with Gasteiger partial charge in [-0.3, -0.25) is 0 Å². The van der Waals surface area contributed by atoms with Gasteiger partial charge in [0.05, 0.1) is 29.2 Å². The minimum atomic E-state index is 0.795. The molecule has 0 fully saturated rings. The number of aromatic nitrogens is 2. The average molecular weight is 289 g/mol. The topological polar surface area (TPSA) is 35.0 Å². The van der Waals surface area contributed by atoms with Gasteiger partial charge in [-0.2, -0.15) is 0 Å². The fourth-order valence-electron chi connectivity index (χ4n) is 1.75. The molecule has 3 rings (SSSR count). The van der Waals surface area contributed by atoms with E-state index in [1.165, 1.54) is 0 Å². The first-order chi connectivity index (χ1) is 8.26. The van der Waals surface area contributed by atoms with Crippen LogP contribution in [0.4, 0.5) is 0 Å². The molecule has 0 atom stereocenters. The molecule has 0 bridgehead atoms. The Morgan fingerprint density at radius 1 is 0.882 bits per heavy atom. The largest absolute Gasteiger partial charge is 0.497 e. The van der Waals surface area contributed by atoms with Gasteiger partial charge >= 0.3 is 0 Å². The van der Waals surface area contributed by atoms with E-state index in [0.717, 1.165) is 32.3 Å². The SMILES string of the molecule is COc1ccc2nc3cc(Br)ccc3nc2c1. The molecule has 0 amide bonds. The molecular weight excluding hydrogens is 280 g/mol. The number of nitrogens with zero attached hydrogens (tertiary/aromatic N) is 2. The summed E-state index contributed by atoms with van der Waals surface area (Å²) in [5.74, 6) is 0.795. The Labute approximate surface area is 107 Å². The van der Waals surface area contributed by atoms with Crippen molar-refractivity contribution in [1.29, 1.82) is 0 Å². The van der Waals surface area contributed by atoms with Gasteiger partial charge in [-0.25, -0.2) is 9.97 Å². The number of methoxy groups -OCH3 is 1. The van der Waals surface area contributed by atoms with Crippen molar-refractivity contribution in [1.82, 2.24) is 9.97 Å². The molecule has 0 spiro atoms. The summed E-state index contributed by atoms with van der Waals surface area (Å²) in [6, 6.07) is 11.6. The van der Waals surface area contributed by atoms with Crippen LogP contribution in [0.25, 0.3) is 22.1 Å². The van der Waals surface area contributed by atoms with E-state index in [9.17, 15) is 0 Å². The molecular formula is C13H9BrN2O. The smallest absolute Gasteiger partial charge is 0.121 e. The van der Waals surface area contributed by atoms with Gasteiger partial charge in [-0.1, -0.05) is 15.9 Å². The van der Waals surface area contributed by atoms with Gasteiger partial charge in [-0.15, -0.1) is 0 Å². The molecule has 0 aliphatic carbocycles. The molecule has 3 nitrogen and oxygen atoms in total. The van der Waals surface area contributed by atoms with E-state index >= 15 is 0 Å². The van der Waals surface area contributed by atoms with Gasteiger partial charge < -0.3 is 4.74 Å². The fraction of sp³-hybridized carbons (Fsp3) is 0.0769. The maximum Gasteiger partial charge on any atom is 0.121 e. The molecule has 0 aliphatic rings. The standard InChI is InChI=1S/C13H9BrN2O/c1-17-9-3-5-11-13(7-9)16-10-4-2-8(14)6-12(10)15-11/h2-7H,1H3. The number of benzene rings is 2. The predicted octanol–water partition coefficient (Wildman–Crippen LogP) is 3.55. The van der Waals surface area contributed by atoms with E-state index < -0.39 is 0 Å². The summed E-state index contributed by atoms with van der Waals surface area (Å²) < 4.78 is 6.18. The second-order valence-electron chi connectivity index (χ2n) is 3.71. The van der Waals surface area contributed by atoms with Gasteiger partial charge in [-0.05, 0) is 30.3 Å². The number of rotatable bonds is 1. The lowest BCUT2D eigenvalue weighted by molar-refractivity contribution is 0.415. The van der Waals surface area contributed by atoms with Crippen molar-refractivity contribution >= 4 is 38.0 Å². The van der Waals surface area contributed by atoms with Crippen LogP contribution in [0.1, 0.15) is 0 Å². The average Bonchev–Trinajstić information content (AvgIpc) is 2.35. The molecule has 1 aromatic heterocycles. The van der Waals surface area contributed by atoms with Gasteiger partial charge in [0.25, 0.3) is 0 Å². The second-order valence-corrected chi connectivity index (χ2v) is 4.63. The summed E-state index contributed by atoms with van der Waals surface area (Å²) in [7, 11) is 1.65. The van der Waals surface area contributed by atoms with Crippen LogP contribution >= 0.6 is 15.9 Å². The predicted molar refractivity (Wildman–Crippen MR) is 71.3 cm³/mol. The maximum absolute atomic E-state index is 5.18. The highest BCUT2D eigenvalue weighted by atomic mass is 79.9. The highest BCUT2D eigenvalue weighted by Gasteiger charge is 2.03. The number of hydrogen-bond acceptors (Lipinski definition) is 3. The Kier molecular flexibility index (Phi) is 2.44. The molecule has 2 aromatic carbocycles. The second kappa shape index (κ2) is 3.96. The molecule has 1 heterocycles. The Bertz CT molecular complexity index is 712. The van der Waals surface area contributed by atoms with Crippen LogP contribution in [0, 0.1) is 0 Å². The van der Waals surface area contributed by atoms with Crippen LogP contribution < -0.4 is 4.74 Å². The van der Waals surface area contributed by atoms with Crippen LogP contribution in [0.15, 0.2) is 40.9 Å². The van der Waals surface area contributed by atoms with Crippen LogP contribution in [0.2, 0.25) is 0 Å². The van der Waals surface area contributed by atoms with Crippen LogP contribution in [0.3, 0.4) is 0 Å². The molecule has 0 N–H and O–H groups in total. The van der Waals surface area contributed by atoms with Crippen molar-refractivity contribution in [3.8, 4) is 5.75 Å². The summed E-state index contributed by atoms with van der Waals surface area (Å²) in [6.07, 6.45) is 0. The monoisotopic (exact) mass is 288 g/mol. The molecule has 0 unspecified atom stereocenters. The maximum atomic E-state index is 5.18. The highest BCUT2D eigenvalue weighted by molar-refractivity contribution is 9.10. The molecule has 0 saturated carbocycles. The molecule has 3 aromatic rings. The van der Waals surface area contributed by atoms with E-state index in [0.29, 0.717) is 0 Å². The van der Waals surface area contributed by atoms with E-state index in [4.69, 9.17) is 4.74 Å². The number of ether oxygens (including phenoxy) is 1. The zero-order valence-electron chi connectivity index (χ0n) is 9.14. The molecule has 0 aliphatic heterocycles. The number of hydrogen-bond donors (Lipinski definition) is 0. The van der Waals surface area contributed by atoms with Crippen molar-refractivity contribution in [2.75, 3.05) is 7.11 Å². The normalized spacial score (nSPS) is 10.9. The van der Waals surface area contributed by atoms with E-state index in [2.05, 4.69) is 25.9 Å². The first-order valence-corrected chi connectivity index (χ1v) is 5.96. The van der Waals surface area contributed by atoms with Crippen molar-refractivity contribution in [3.63, 3.8) is 0 Å². The third-order valence-corrected chi connectivity index (χ3v) is 3.10. The number of fused-ring (bicyclic) bond motifs is 2. The Morgan fingerprint density at radius 3 is 2.24 bits per heavy atom. The first kappa shape index (κ1) is 10.5. The summed E-state index contributed by atoms with van der Waals surface area (Å²) in [5, 5.41) is 0. The van der Waals surface area contributed by atoms with Crippen molar-refractivity contribution in [3.05, 3.63) is 40.9 Å². The van der Waals surface area contributed by atoms with Gasteiger partial charge in [0.15, 0.2) is 0 Å². The molecule has 0 radical (unpaired) electrons. The quantitative estimate of drug-likeness (QED) is 0.642. The number of halogens is 1. The van der Waals surface area contributed by atoms with Crippen molar-refractivity contribution in [2.45, 2.75) is 0 Å². The molecule has 0 saturated heterocycles. The lowest BCUT2D eigenvalue weighted by Crippen LogP contribution is -1.89. The van der Waals surface area contributed by atoms with Crippen molar-refractivity contribution in [2.24, 2.45) is 0 Å². The first-order valence-electron chi connectivity index (χ1n) is 5.17. The zero-order chi connectivity index (χ0) is 11.8. The summed E-state index contributed by atoms with van der Waals surface area (Å²) in [6.45, 7) is 0. The minimum Gasteiger partial charge on any atom is -0.497 e. The van der Waals surface area contributed by atoms with Crippen LogP contribution in [-0.2, 0) is 0 Å². The van der Waals surface area contributed by atoms with Gasteiger partial charge in [0, 0.05) is 10.5 Å². The molecule has 17 heavy (non-hydrogen) atoms. The van der Waals surface area contributed by atoms with Gasteiger partial charge in [0.1, 0.15) is 5.75 Å². The fourth-order valence-corrected chi connectivity index (χ4v) is 2.10. The van der Waals surface area contributed by atoms with Gasteiger partial charge in [0.2, 0.25) is 0 Å². The minimum absolute atomic E-state index is 0.795. The van der Waals surface area contributed by atoms with Crippen molar-refractivity contribution < 1.29 is 4.74 Å². The zero-order valence-corrected chi connectivity index (χ0v) is 10.7. The summed E-state index contributed by atoms with van der Waals surface area (Å²) >= 11 is 3.43. The lowest BCUT2D eigenvalue weighted by atomic mass is 10.2.